The molecule has 2 rings (SSSR count). The molecule has 1 aliphatic heterocycles. The smallest absolute Gasteiger partial charge is 0.230 e. The van der Waals surface area contributed by atoms with Crippen molar-refractivity contribution in [1.82, 2.24) is 9.91 Å². The Balaban J connectivity index is 2.41. The van der Waals surface area contributed by atoms with Crippen molar-refractivity contribution in [3.8, 4) is 6.07 Å². The van der Waals surface area contributed by atoms with Gasteiger partial charge in [-0.05, 0) is 68.5 Å². The number of nitrogens with two attached hydrogens (primary N) is 1. The van der Waals surface area contributed by atoms with E-state index in [1.54, 1.807) is 17.1 Å². The molecular weight excluding hydrogens is 486 g/mol. The van der Waals surface area contributed by atoms with Crippen LogP contribution in [0.3, 0.4) is 0 Å². The zero-order valence-corrected chi connectivity index (χ0v) is 24.2. The predicted octanol–water partition coefficient (Wildman–Crippen LogP) is 6.26. The SMILES string of the molecule is C=C/C(=C\C(C)=C(/CC)OC(=C)/N=C(\N=C1\CC=CN(C)C1C)Nc1ccc(C#N)cc1)C(CCC)N(C)N. The molecule has 0 spiro atoms. The number of hydrogen-bond acceptors (Lipinski definition) is 6. The second-order valence-electron chi connectivity index (χ2n) is 9.56. The molecular formula is C31H43N7O. The van der Waals surface area contributed by atoms with E-state index in [1.165, 1.54) is 0 Å². The van der Waals surface area contributed by atoms with Crippen LogP contribution in [0.4, 0.5) is 5.69 Å². The van der Waals surface area contributed by atoms with Crippen molar-refractivity contribution in [3.63, 3.8) is 0 Å². The van der Waals surface area contributed by atoms with Crippen molar-refractivity contribution >= 4 is 17.4 Å². The van der Waals surface area contributed by atoms with Crippen LogP contribution in [0.1, 0.15) is 58.9 Å². The van der Waals surface area contributed by atoms with E-state index >= 15 is 0 Å². The number of ether oxygens (including phenoxy) is 1. The molecule has 0 radical (unpaired) electrons. The summed E-state index contributed by atoms with van der Waals surface area (Å²) in [6, 6.07) is 9.43. The third-order valence-corrected chi connectivity index (χ3v) is 6.57. The van der Waals surface area contributed by atoms with E-state index in [1.807, 2.05) is 46.2 Å². The van der Waals surface area contributed by atoms with Gasteiger partial charge in [0.25, 0.3) is 0 Å². The minimum absolute atomic E-state index is 0.0606. The van der Waals surface area contributed by atoms with Crippen LogP contribution in [0.25, 0.3) is 0 Å². The maximum Gasteiger partial charge on any atom is 0.230 e. The van der Waals surface area contributed by atoms with Gasteiger partial charge in [0.15, 0.2) is 0 Å². The van der Waals surface area contributed by atoms with Crippen LogP contribution in [0, 0.1) is 11.3 Å². The molecule has 8 nitrogen and oxygen atoms in total. The molecule has 0 aliphatic carbocycles. The highest BCUT2D eigenvalue weighted by Gasteiger charge is 2.18. The number of nitrogens with one attached hydrogen (secondary N) is 1. The van der Waals surface area contributed by atoms with Crippen LogP contribution in [0.15, 0.2) is 94.6 Å². The summed E-state index contributed by atoms with van der Waals surface area (Å²) in [6.45, 7) is 16.3. The number of hydrazine groups is 1. The first-order valence-electron chi connectivity index (χ1n) is 13.3. The number of guanidine groups is 1. The van der Waals surface area contributed by atoms with Crippen LogP contribution < -0.4 is 11.2 Å². The van der Waals surface area contributed by atoms with Gasteiger partial charge in [-0.2, -0.15) is 10.3 Å². The highest BCUT2D eigenvalue weighted by Crippen LogP contribution is 2.22. The summed E-state index contributed by atoms with van der Waals surface area (Å²) in [6.07, 6.45) is 11.3. The molecule has 8 heteroatoms. The summed E-state index contributed by atoms with van der Waals surface area (Å²) < 4.78 is 6.15. The quantitative estimate of drug-likeness (QED) is 0.0875. The van der Waals surface area contributed by atoms with Crippen molar-refractivity contribution in [2.45, 2.75) is 65.5 Å². The molecule has 2 unspecified atom stereocenters. The number of allylic oxidation sites excluding steroid dienone is 4. The normalized spacial score (nSPS) is 18.5. The fourth-order valence-electron chi connectivity index (χ4n) is 4.20. The molecule has 1 aromatic rings. The number of benzene rings is 1. The van der Waals surface area contributed by atoms with Gasteiger partial charge in [0, 0.05) is 44.4 Å². The molecule has 1 aromatic carbocycles. The minimum atomic E-state index is 0.0606. The van der Waals surface area contributed by atoms with Crippen molar-refractivity contribution in [2.75, 3.05) is 19.4 Å². The molecule has 0 saturated heterocycles. The Morgan fingerprint density at radius 2 is 2.05 bits per heavy atom. The minimum Gasteiger partial charge on any atom is -0.444 e. The summed E-state index contributed by atoms with van der Waals surface area (Å²) >= 11 is 0. The molecule has 0 amide bonds. The largest absolute Gasteiger partial charge is 0.444 e. The fourth-order valence-corrected chi connectivity index (χ4v) is 4.20. The lowest BCUT2D eigenvalue weighted by atomic mass is 9.99. The Hall–Kier alpha value is -3.93. The molecule has 3 N–H and O–H groups in total. The third-order valence-electron chi connectivity index (χ3n) is 6.57. The van der Waals surface area contributed by atoms with Crippen molar-refractivity contribution in [3.05, 3.63) is 90.2 Å². The summed E-state index contributed by atoms with van der Waals surface area (Å²) in [7, 11) is 3.89. The molecule has 39 heavy (non-hydrogen) atoms. The first-order chi connectivity index (χ1) is 18.6. The van der Waals surface area contributed by atoms with Crippen molar-refractivity contribution in [1.29, 1.82) is 5.26 Å². The summed E-state index contributed by atoms with van der Waals surface area (Å²) in [5.74, 6) is 7.44. The van der Waals surface area contributed by atoms with Gasteiger partial charge in [0.2, 0.25) is 11.8 Å². The Morgan fingerprint density at radius 3 is 2.62 bits per heavy atom. The Bertz CT molecular complexity index is 1200. The monoisotopic (exact) mass is 529 g/mol. The lowest BCUT2D eigenvalue weighted by Gasteiger charge is -2.28. The summed E-state index contributed by atoms with van der Waals surface area (Å²) in [4.78, 5) is 11.6. The van der Waals surface area contributed by atoms with Crippen LogP contribution >= 0.6 is 0 Å². The number of anilines is 1. The first-order valence-corrected chi connectivity index (χ1v) is 13.3. The molecule has 0 bridgehead atoms. The predicted molar refractivity (Wildman–Crippen MR) is 163 cm³/mol. The number of hydrogen-bond donors (Lipinski definition) is 2. The van der Waals surface area contributed by atoms with Gasteiger partial charge in [-0.25, -0.2) is 10.0 Å². The molecule has 0 fully saturated rings. The Kier molecular flexibility index (Phi) is 12.4. The molecule has 0 saturated carbocycles. The number of rotatable bonds is 11. The number of nitriles is 1. The maximum atomic E-state index is 9.13. The summed E-state index contributed by atoms with van der Waals surface area (Å²) in [5.41, 5.74) is 4.27. The van der Waals surface area contributed by atoms with E-state index in [0.29, 0.717) is 17.9 Å². The van der Waals surface area contributed by atoms with Gasteiger partial charge in [-0.15, -0.1) is 0 Å². The van der Waals surface area contributed by atoms with Crippen LogP contribution in [0.2, 0.25) is 0 Å². The summed E-state index contributed by atoms with van der Waals surface area (Å²) in [5, 5.41) is 14.1. The fraction of sp³-hybridized carbons (Fsp3) is 0.387. The number of aliphatic imine (C=N–C) groups is 2. The standard InChI is InChI=1S/C31H43N7O/c1-9-13-29(38(8)33)26(10-2)20-22(4)30(11-3)39-24(6)34-31(35-27-17-15-25(21-32)16-18-27)36-28-14-12-19-37(7)23(28)5/h10,12,15-20,23,29H,2,6,9,11,13-14,33H2,1,3-5,7-8H3,(H,34,35)/b26-20+,30-22+,36-28-. The Labute approximate surface area is 234 Å². The van der Waals surface area contributed by atoms with E-state index in [0.717, 1.165) is 47.6 Å². The maximum absolute atomic E-state index is 9.13. The number of nitrogens with zero attached hydrogens (tertiary/aromatic N) is 5. The van der Waals surface area contributed by atoms with Gasteiger partial charge >= 0.3 is 0 Å². The average molecular weight is 530 g/mol. The lowest BCUT2D eigenvalue weighted by molar-refractivity contribution is 0.269. The molecule has 0 aromatic heterocycles. The van der Waals surface area contributed by atoms with Gasteiger partial charge in [-0.1, -0.05) is 45.1 Å². The van der Waals surface area contributed by atoms with E-state index in [-0.39, 0.29) is 18.0 Å². The second kappa shape index (κ2) is 15.5. The zero-order valence-electron chi connectivity index (χ0n) is 24.2. The van der Waals surface area contributed by atoms with Crippen LogP contribution in [-0.2, 0) is 4.74 Å². The Morgan fingerprint density at radius 1 is 1.36 bits per heavy atom. The second-order valence-corrected chi connectivity index (χ2v) is 9.56. The van der Waals surface area contributed by atoms with Gasteiger partial charge in [-0.3, -0.25) is 5.84 Å². The van der Waals surface area contributed by atoms with E-state index in [9.17, 15) is 0 Å². The van der Waals surface area contributed by atoms with Gasteiger partial charge < -0.3 is 15.0 Å². The average Bonchev–Trinajstić information content (AvgIpc) is 2.91. The van der Waals surface area contributed by atoms with Gasteiger partial charge in [0.1, 0.15) is 5.76 Å². The number of likely N-dealkylation sites (N-methyl/N-ethyl adjacent to an activating group) is 1. The van der Waals surface area contributed by atoms with Crippen molar-refractivity contribution in [2.24, 2.45) is 15.8 Å². The van der Waals surface area contributed by atoms with Crippen molar-refractivity contribution < 1.29 is 4.74 Å². The molecule has 208 valence electrons. The molecule has 1 aliphatic rings. The van der Waals surface area contributed by atoms with E-state index in [2.05, 4.69) is 66.6 Å². The lowest BCUT2D eigenvalue weighted by Crippen LogP contribution is -2.38. The highest BCUT2D eigenvalue weighted by atomic mass is 16.5. The van der Waals surface area contributed by atoms with Crippen LogP contribution in [-0.4, -0.2) is 47.8 Å². The topological polar surface area (TPSA) is 102 Å². The van der Waals surface area contributed by atoms with E-state index in [4.69, 9.17) is 20.8 Å². The van der Waals surface area contributed by atoms with Crippen LogP contribution in [0.5, 0.6) is 0 Å². The third kappa shape index (κ3) is 9.40. The highest BCUT2D eigenvalue weighted by molar-refractivity contribution is 6.06. The molecule has 1 heterocycles. The molecule has 2 atom stereocenters. The first kappa shape index (κ1) is 31.3. The van der Waals surface area contributed by atoms with Gasteiger partial charge in [0.05, 0.1) is 17.7 Å². The zero-order chi connectivity index (χ0) is 28.9. The van der Waals surface area contributed by atoms with E-state index < -0.39 is 0 Å².